The van der Waals surface area contributed by atoms with Gasteiger partial charge < -0.3 is 9.47 Å². The van der Waals surface area contributed by atoms with Crippen molar-refractivity contribution in [2.75, 3.05) is 24.7 Å². The summed E-state index contributed by atoms with van der Waals surface area (Å²) >= 11 is 0. The number of amides is 1. The Bertz CT molecular complexity index is 1470. The number of carbonyl (C=O) groups excluding carboxylic acids is 2. The minimum absolute atomic E-state index is 0.0369. The van der Waals surface area contributed by atoms with Crippen LogP contribution in [-0.4, -0.2) is 41.0 Å². The third-order valence-corrected chi connectivity index (χ3v) is 5.95. The van der Waals surface area contributed by atoms with E-state index < -0.39 is 47.2 Å². The fourth-order valence-electron chi connectivity index (χ4n) is 4.03. The molecule has 12 heteroatoms. The second-order valence-electron chi connectivity index (χ2n) is 8.18. The van der Waals surface area contributed by atoms with Crippen molar-refractivity contribution < 1.29 is 32.2 Å². The van der Waals surface area contributed by atoms with E-state index in [1.165, 1.54) is 36.1 Å². The first-order valence-corrected chi connectivity index (χ1v) is 11.3. The summed E-state index contributed by atoms with van der Waals surface area (Å²) in [5.74, 6) is -0.979. The van der Waals surface area contributed by atoms with Gasteiger partial charge in [-0.3, -0.25) is 18.8 Å². The third kappa shape index (κ3) is 4.99. The molecule has 2 aromatic carbocycles. The number of rotatable bonds is 6. The average molecular weight is 517 g/mol. The second kappa shape index (κ2) is 9.96. The highest BCUT2D eigenvalue weighted by atomic mass is 19.4. The Morgan fingerprint density at radius 3 is 2.32 bits per heavy atom. The van der Waals surface area contributed by atoms with Crippen LogP contribution in [0.5, 0.6) is 0 Å². The lowest BCUT2D eigenvalue weighted by atomic mass is 10.0. The van der Waals surface area contributed by atoms with Gasteiger partial charge in [-0.1, -0.05) is 12.1 Å². The molecule has 1 fully saturated rings. The van der Waals surface area contributed by atoms with Crippen LogP contribution in [0.4, 0.5) is 23.7 Å². The first-order chi connectivity index (χ1) is 17.5. The second-order valence-corrected chi connectivity index (χ2v) is 8.18. The highest BCUT2D eigenvalue weighted by molar-refractivity contribution is 5.89. The van der Waals surface area contributed by atoms with Gasteiger partial charge in [-0.25, -0.2) is 14.4 Å². The van der Waals surface area contributed by atoms with Gasteiger partial charge in [0, 0.05) is 11.9 Å². The van der Waals surface area contributed by atoms with Crippen LogP contribution in [0.3, 0.4) is 0 Å². The molecule has 3 aromatic rings. The highest BCUT2D eigenvalue weighted by Gasteiger charge is 2.33. The van der Waals surface area contributed by atoms with Crippen LogP contribution in [0.1, 0.15) is 34.0 Å². The maximum absolute atomic E-state index is 13.4. The number of esters is 1. The number of hydrogen-bond donors (Lipinski definition) is 0. The van der Waals surface area contributed by atoms with Gasteiger partial charge in [-0.05, 0) is 55.3 Å². The molecule has 0 atom stereocenters. The fourth-order valence-corrected chi connectivity index (χ4v) is 4.03. The average Bonchev–Trinajstić information content (AvgIpc) is 3.28. The zero-order chi connectivity index (χ0) is 26.9. The summed E-state index contributed by atoms with van der Waals surface area (Å²) in [6.45, 7) is 2.85. The molecule has 0 aliphatic carbocycles. The van der Waals surface area contributed by atoms with E-state index in [-0.39, 0.29) is 30.0 Å². The van der Waals surface area contributed by atoms with Crippen molar-refractivity contribution in [3.8, 4) is 5.69 Å². The van der Waals surface area contributed by atoms with E-state index in [1.54, 1.807) is 19.1 Å². The summed E-state index contributed by atoms with van der Waals surface area (Å²) in [5.41, 5.74) is -2.51. The molecule has 0 unspecified atom stereocenters. The number of anilines is 1. The van der Waals surface area contributed by atoms with Gasteiger partial charge >= 0.3 is 23.9 Å². The van der Waals surface area contributed by atoms with Crippen molar-refractivity contribution in [2.45, 2.75) is 26.6 Å². The zero-order valence-corrected chi connectivity index (χ0v) is 19.9. The molecule has 9 nitrogen and oxygen atoms in total. The minimum Gasteiger partial charge on any atom is -0.462 e. The number of hydrogen-bond acceptors (Lipinski definition) is 6. The summed E-state index contributed by atoms with van der Waals surface area (Å²) in [6, 6.07) is 9.60. The van der Waals surface area contributed by atoms with Gasteiger partial charge in [0.25, 0.3) is 5.56 Å². The van der Waals surface area contributed by atoms with E-state index in [1.807, 2.05) is 0 Å². The van der Waals surface area contributed by atoms with Gasteiger partial charge in [0.05, 0.1) is 30.9 Å². The summed E-state index contributed by atoms with van der Waals surface area (Å²) in [6.07, 6.45) is -4.10. The van der Waals surface area contributed by atoms with E-state index in [2.05, 4.69) is 0 Å². The molecule has 1 amide bonds. The van der Waals surface area contributed by atoms with Crippen LogP contribution in [0.25, 0.3) is 5.69 Å². The molecule has 0 spiro atoms. The van der Waals surface area contributed by atoms with Crippen molar-refractivity contribution in [1.82, 2.24) is 9.13 Å². The maximum Gasteiger partial charge on any atom is 0.416 e. The Hall–Kier alpha value is -4.35. The lowest BCUT2D eigenvalue weighted by Gasteiger charge is -2.17. The molecule has 1 aliphatic heterocycles. The number of ether oxygens (including phenoxy) is 2. The summed E-state index contributed by atoms with van der Waals surface area (Å²) < 4.78 is 51.8. The number of benzene rings is 2. The maximum atomic E-state index is 13.4. The molecule has 4 rings (SSSR count). The van der Waals surface area contributed by atoms with Crippen LogP contribution in [-0.2, 0) is 22.2 Å². The van der Waals surface area contributed by atoms with E-state index in [0.29, 0.717) is 16.8 Å². The van der Waals surface area contributed by atoms with Gasteiger partial charge in [0.1, 0.15) is 12.2 Å². The van der Waals surface area contributed by atoms with Gasteiger partial charge in [-0.2, -0.15) is 13.2 Å². The summed E-state index contributed by atoms with van der Waals surface area (Å²) in [5, 5.41) is 0. The normalized spacial score (nSPS) is 13.5. The Labute approximate surface area is 208 Å². The van der Waals surface area contributed by atoms with Gasteiger partial charge in [0.15, 0.2) is 0 Å². The third-order valence-electron chi connectivity index (χ3n) is 5.95. The van der Waals surface area contributed by atoms with Gasteiger partial charge in [0.2, 0.25) is 0 Å². The quantitative estimate of drug-likeness (QED) is 0.464. The smallest absolute Gasteiger partial charge is 0.416 e. The summed E-state index contributed by atoms with van der Waals surface area (Å²) in [4.78, 5) is 52.2. The van der Waals surface area contributed by atoms with Crippen LogP contribution in [0.2, 0.25) is 0 Å². The van der Waals surface area contributed by atoms with Crippen molar-refractivity contribution in [2.24, 2.45) is 0 Å². The fraction of sp³-hybridized carbons (Fsp3) is 0.280. The predicted molar refractivity (Wildman–Crippen MR) is 126 cm³/mol. The lowest BCUT2D eigenvalue weighted by molar-refractivity contribution is -0.138. The van der Waals surface area contributed by atoms with Gasteiger partial charge in [-0.15, -0.1) is 0 Å². The molecule has 1 aromatic heterocycles. The number of aromatic nitrogens is 2. The Morgan fingerprint density at radius 1 is 1.05 bits per heavy atom. The van der Waals surface area contributed by atoms with Crippen molar-refractivity contribution >= 4 is 17.7 Å². The van der Waals surface area contributed by atoms with Crippen LogP contribution < -0.4 is 16.1 Å². The molecule has 194 valence electrons. The molecule has 0 saturated carbocycles. The molecule has 0 radical (unpaired) electrons. The molecule has 2 heterocycles. The Balaban J connectivity index is 1.83. The number of halogens is 3. The molecule has 0 bridgehead atoms. The van der Waals surface area contributed by atoms with Crippen molar-refractivity contribution in [1.29, 1.82) is 0 Å². The molecule has 1 aliphatic rings. The van der Waals surface area contributed by atoms with Crippen LogP contribution in [0.15, 0.2) is 58.3 Å². The minimum atomic E-state index is -4.62. The van der Waals surface area contributed by atoms with E-state index in [9.17, 15) is 32.3 Å². The molecular formula is C25H22F3N3O6. The van der Waals surface area contributed by atoms with Crippen molar-refractivity contribution in [3.05, 3.63) is 91.8 Å². The first kappa shape index (κ1) is 25.7. The Kier molecular flexibility index (Phi) is 6.92. The standard InChI is InChI=1S/C25H22F3N3O6/c1-3-36-22(33)19-14-30(18-9-7-17(8-10-18)29-11-12-37-24(29)35)23(34)31(21(19)32)13-16-5-4-6-20(15(16)2)25(26,27)28/h4-10,14H,3,11-13H2,1-2H3. The summed E-state index contributed by atoms with van der Waals surface area (Å²) in [7, 11) is 0. The largest absolute Gasteiger partial charge is 0.462 e. The highest BCUT2D eigenvalue weighted by Crippen LogP contribution is 2.33. The first-order valence-electron chi connectivity index (χ1n) is 11.3. The number of carbonyl (C=O) groups is 2. The number of cyclic esters (lactones) is 1. The lowest BCUT2D eigenvalue weighted by Crippen LogP contribution is -2.42. The molecule has 37 heavy (non-hydrogen) atoms. The van der Waals surface area contributed by atoms with E-state index in [4.69, 9.17) is 9.47 Å². The molecule has 1 saturated heterocycles. The monoisotopic (exact) mass is 517 g/mol. The molecular weight excluding hydrogens is 495 g/mol. The predicted octanol–water partition coefficient (Wildman–Crippen LogP) is 3.51. The molecule has 0 N–H and O–H groups in total. The van der Waals surface area contributed by atoms with Crippen LogP contribution >= 0.6 is 0 Å². The number of alkyl halides is 3. The van der Waals surface area contributed by atoms with E-state index in [0.717, 1.165) is 16.8 Å². The zero-order valence-electron chi connectivity index (χ0n) is 19.9. The van der Waals surface area contributed by atoms with E-state index >= 15 is 0 Å². The Morgan fingerprint density at radius 2 is 1.73 bits per heavy atom. The van der Waals surface area contributed by atoms with Crippen LogP contribution in [0, 0.1) is 6.92 Å². The SMILES string of the molecule is CCOC(=O)c1cn(-c2ccc(N3CCOC3=O)cc2)c(=O)n(Cc2cccc(C(F)(F)F)c2C)c1=O. The topological polar surface area (TPSA) is 99.8 Å². The van der Waals surface area contributed by atoms with Crippen molar-refractivity contribution in [3.63, 3.8) is 0 Å². The number of nitrogens with zero attached hydrogens (tertiary/aromatic N) is 3.